The molecule has 0 aliphatic rings. The first kappa shape index (κ1) is 44.4. The van der Waals surface area contributed by atoms with Crippen molar-refractivity contribution in [2.75, 3.05) is 46.5 Å². The van der Waals surface area contributed by atoms with Crippen molar-refractivity contribution >= 4 is 6.09 Å². The maximum Gasteiger partial charge on any atom is 0.409 e. The predicted molar refractivity (Wildman–Crippen MR) is 202 cm³/mol. The van der Waals surface area contributed by atoms with Gasteiger partial charge >= 0.3 is 6.09 Å². The van der Waals surface area contributed by atoms with E-state index >= 15 is 0 Å². The van der Waals surface area contributed by atoms with E-state index in [9.17, 15) is 4.79 Å². The van der Waals surface area contributed by atoms with Crippen LogP contribution < -0.4 is 5.32 Å². The van der Waals surface area contributed by atoms with E-state index in [1.165, 1.54) is 135 Å². The fraction of sp³-hybridized carbons (Fsp3) is 0.829. The summed E-state index contributed by atoms with van der Waals surface area (Å²) >= 11 is 0. The second-order valence-corrected chi connectivity index (χ2v) is 13.0. The van der Waals surface area contributed by atoms with Gasteiger partial charge in [0.25, 0.3) is 0 Å². The lowest BCUT2D eigenvalue weighted by molar-refractivity contribution is 0.0726. The number of hydrogen-bond donors (Lipinski definition) is 1. The molecule has 0 aromatic rings. The molecule has 0 fully saturated rings. The van der Waals surface area contributed by atoms with Crippen LogP contribution in [0.25, 0.3) is 0 Å². The zero-order valence-electron chi connectivity index (χ0n) is 31.1. The van der Waals surface area contributed by atoms with Gasteiger partial charge in [-0.1, -0.05) is 134 Å². The second kappa shape index (κ2) is 39.6. The van der Waals surface area contributed by atoms with Gasteiger partial charge in [-0.25, -0.2) is 4.79 Å². The van der Waals surface area contributed by atoms with Crippen molar-refractivity contribution < 1.29 is 14.3 Å². The van der Waals surface area contributed by atoms with Crippen molar-refractivity contribution in [2.45, 2.75) is 174 Å². The first-order chi connectivity index (χ1) is 22.8. The quantitative estimate of drug-likeness (QED) is 0.0543. The van der Waals surface area contributed by atoms with E-state index in [2.05, 4.69) is 55.6 Å². The molecule has 0 aromatic carbocycles. The Morgan fingerprint density at radius 1 is 0.522 bits per heavy atom. The molecule has 0 aromatic heterocycles. The summed E-state index contributed by atoms with van der Waals surface area (Å²) in [4.78, 5) is 14.6. The van der Waals surface area contributed by atoms with E-state index < -0.39 is 0 Å². The minimum atomic E-state index is -0.186. The molecule has 1 amide bonds. The molecule has 46 heavy (non-hydrogen) atoms. The van der Waals surface area contributed by atoms with Gasteiger partial charge in [-0.2, -0.15) is 0 Å². The number of nitrogens with zero attached hydrogens (tertiary/aromatic N) is 1. The van der Waals surface area contributed by atoms with Crippen molar-refractivity contribution in [1.82, 2.24) is 10.2 Å². The largest absolute Gasteiger partial charge is 0.449 e. The zero-order chi connectivity index (χ0) is 33.4. The third-order valence-corrected chi connectivity index (χ3v) is 8.49. The summed E-state index contributed by atoms with van der Waals surface area (Å²) in [5.74, 6) is 0. The monoisotopic (exact) mass is 647 g/mol. The van der Waals surface area contributed by atoms with Gasteiger partial charge in [0, 0.05) is 19.7 Å². The number of ether oxygens (including phenoxy) is 2. The normalized spacial score (nSPS) is 11.9. The van der Waals surface area contributed by atoms with Crippen LogP contribution >= 0.6 is 0 Å². The van der Waals surface area contributed by atoms with Gasteiger partial charge < -0.3 is 19.7 Å². The Morgan fingerprint density at radius 2 is 1.00 bits per heavy atom. The molecule has 0 unspecified atom stereocenters. The minimum absolute atomic E-state index is 0.186. The summed E-state index contributed by atoms with van der Waals surface area (Å²) in [6.07, 6.45) is 45.0. The summed E-state index contributed by atoms with van der Waals surface area (Å²) < 4.78 is 11.5. The molecular formula is C41H78N2O3. The Kier molecular flexibility index (Phi) is 38.2. The average Bonchev–Trinajstić information content (AvgIpc) is 3.06. The molecule has 0 aliphatic heterocycles. The number of amides is 1. The lowest BCUT2D eigenvalue weighted by Gasteiger charge is -2.22. The van der Waals surface area contributed by atoms with Crippen molar-refractivity contribution in [3.63, 3.8) is 0 Å². The summed E-state index contributed by atoms with van der Waals surface area (Å²) in [7, 11) is 1.92. The van der Waals surface area contributed by atoms with Crippen LogP contribution in [-0.2, 0) is 9.47 Å². The molecule has 270 valence electrons. The predicted octanol–water partition coefficient (Wildman–Crippen LogP) is 12.1. The molecule has 0 heterocycles. The first-order valence-corrected chi connectivity index (χ1v) is 19.8. The number of carbonyl (C=O) groups excluding carboxylic acids is 1. The third kappa shape index (κ3) is 35.3. The molecular weight excluding hydrogens is 568 g/mol. The Labute approximate surface area is 287 Å². The zero-order valence-corrected chi connectivity index (χ0v) is 31.1. The van der Waals surface area contributed by atoms with Gasteiger partial charge in [0.2, 0.25) is 0 Å². The van der Waals surface area contributed by atoms with Crippen molar-refractivity contribution in [3.8, 4) is 0 Å². The van der Waals surface area contributed by atoms with Crippen LogP contribution in [0.3, 0.4) is 0 Å². The Hall–Kier alpha value is -1.59. The second-order valence-electron chi connectivity index (χ2n) is 13.0. The molecule has 0 atom stereocenters. The lowest BCUT2D eigenvalue weighted by Crippen LogP contribution is -2.36. The lowest BCUT2D eigenvalue weighted by atomic mass is 10.1. The fourth-order valence-electron chi connectivity index (χ4n) is 5.46. The van der Waals surface area contributed by atoms with E-state index in [0.717, 1.165) is 45.4 Å². The SMILES string of the molecule is CCCCC/C=C\C/C=C\CCCCCCCCN(CCOCCCCCCCC/C=C\CCCCCC)C(=O)OCCCNC. The Morgan fingerprint density at radius 3 is 1.59 bits per heavy atom. The van der Waals surface area contributed by atoms with Crippen LogP contribution in [0.1, 0.15) is 174 Å². The van der Waals surface area contributed by atoms with E-state index in [0.29, 0.717) is 19.8 Å². The van der Waals surface area contributed by atoms with Gasteiger partial charge in [-0.3, -0.25) is 0 Å². The highest BCUT2D eigenvalue weighted by Gasteiger charge is 2.14. The van der Waals surface area contributed by atoms with Crippen LogP contribution in [0, 0.1) is 0 Å². The summed E-state index contributed by atoms with van der Waals surface area (Å²) in [6.45, 7) is 8.62. The van der Waals surface area contributed by atoms with Gasteiger partial charge in [0.15, 0.2) is 0 Å². The van der Waals surface area contributed by atoms with Crippen LogP contribution in [0.15, 0.2) is 36.5 Å². The van der Waals surface area contributed by atoms with Crippen molar-refractivity contribution in [2.24, 2.45) is 0 Å². The van der Waals surface area contributed by atoms with E-state index in [-0.39, 0.29) is 6.09 Å². The van der Waals surface area contributed by atoms with Crippen molar-refractivity contribution in [1.29, 1.82) is 0 Å². The van der Waals surface area contributed by atoms with Gasteiger partial charge in [-0.15, -0.1) is 0 Å². The smallest absolute Gasteiger partial charge is 0.409 e. The molecule has 0 radical (unpaired) electrons. The van der Waals surface area contributed by atoms with Crippen molar-refractivity contribution in [3.05, 3.63) is 36.5 Å². The van der Waals surface area contributed by atoms with Crippen LogP contribution in [0.5, 0.6) is 0 Å². The highest BCUT2D eigenvalue weighted by Crippen LogP contribution is 2.11. The average molecular weight is 647 g/mol. The molecule has 5 nitrogen and oxygen atoms in total. The number of unbranched alkanes of at least 4 members (excludes halogenated alkanes) is 19. The van der Waals surface area contributed by atoms with E-state index in [1.54, 1.807) is 0 Å². The number of allylic oxidation sites excluding steroid dienone is 6. The number of hydrogen-bond acceptors (Lipinski definition) is 4. The standard InChI is InChI=1S/C41H78N2O3/c1-4-6-8-10-12-14-16-18-20-21-22-24-26-28-30-32-36-43(41(44)46-39-34-35-42-3)37-40-45-38-33-31-29-27-25-23-19-17-15-13-11-9-7-5-2/h12,14-15,17-18,20,42H,4-11,13,16,19,21-40H2,1-3H3/b14-12-,17-15-,20-18-. The minimum Gasteiger partial charge on any atom is -0.449 e. The number of nitrogens with one attached hydrogen (secondary N) is 1. The number of rotatable bonds is 36. The fourth-order valence-corrected chi connectivity index (χ4v) is 5.46. The maximum atomic E-state index is 12.7. The summed E-state index contributed by atoms with van der Waals surface area (Å²) in [6, 6.07) is 0. The molecule has 0 spiro atoms. The molecule has 1 N–H and O–H groups in total. The maximum absolute atomic E-state index is 12.7. The van der Waals surface area contributed by atoms with Crippen LogP contribution in [0.2, 0.25) is 0 Å². The third-order valence-electron chi connectivity index (χ3n) is 8.49. The molecule has 0 rings (SSSR count). The topological polar surface area (TPSA) is 50.8 Å². The van der Waals surface area contributed by atoms with Gasteiger partial charge in [-0.05, 0) is 90.6 Å². The Balaban J connectivity index is 3.90. The summed E-state index contributed by atoms with van der Waals surface area (Å²) in [5, 5.41) is 3.11. The van der Waals surface area contributed by atoms with Gasteiger partial charge in [0.05, 0.1) is 13.2 Å². The number of carbonyl (C=O) groups is 1. The first-order valence-electron chi connectivity index (χ1n) is 19.8. The Bertz CT molecular complexity index is 691. The highest BCUT2D eigenvalue weighted by molar-refractivity contribution is 5.67. The molecule has 0 bridgehead atoms. The van der Waals surface area contributed by atoms with Crippen LogP contribution in [-0.4, -0.2) is 57.5 Å². The molecule has 0 saturated carbocycles. The molecule has 0 saturated heterocycles. The molecule has 0 aliphatic carbocycles. The van der Waals surface area contributed by atoms with Crippen LogP contribution in [0.4, 0.5) is 4.79 Å². The highest BCUT2D eigenvalue weighted by atomic mass is 16.6. The van der Waals surface area contributed by atoms with E-state index in [1.807, 2.05) is 11.9 Å². The molecule has 5 heteroatoms. The van der Waals surface area contributed by atoms with E-state index in [4.69, 9.17) is 9.47 Å². The summed E-state index contributed by atoms with van der Waals surface area (Å²) in [5.41, 5.74) is 0. The van der Waals surface area contributed by atoms with Gasteiger partial charge in [0.1, 0.15) is 0 Å².